The van der Waals surface area contributed by atoms with E-state index in [-0.39, 0.29) is 11.5 Å². The lowest BCUT2D eigenvalue weighted by atomic mass is 10.1. The summed E-state index contributed by atoms with van der Waals surface area (Å²) >= 11 is 0. The second kappa shape index (κ2) is 9.21. The van der Waals surface area contributed by atoms with E-state index in [9.17, 15) is 15.3 Å². The zero-order chi connectivity index (χ0) is 22.3. The van der Waals surface area contributed by atoms with Gasteiger partial charge in [-0.3, -0.25) is 4.79 Å². The van der Waals surface area contributed by atoms with Gasteiger partial charge >= 0.3 is 0 Å². The van der Waals surface area contributed by atoms with Gasteiger partial charge in [-0.25, -0.2) is 9.98 Å². The van der Waals surface area contributed by atoms with E-state index >= 15 is 0 Å². The van der Waals surface area contributed by atoms with Crippen molar-refractivity contribution in [1.29, 1.82) is 10.5 Å². The quantitative estimate of drug-likeness (QED) is 0.504. The Balaban J connectivity index is 1.66. The van der Waals surface area contributed by atoms with Crippen molar-refractivity contribution in [3.8, 4) is 12.1 Å². The Labute approximate surface area is 184 Å². The molecule has 0 spiro atoms. The number of aromatic nitrogens is 1. The second-order valence-corrected chi connectivity index (χ2v) is 6.71. The third-order valence-corrected chi connectivity index (χ3v) is 4.60. The van der Waals surface area contributed by atoms with Crippen molar-refractivity contribution in [3.63, 3.8) is 0 Å². The van der Waals surface area contributed by atoms with E-state index < -0.39 is 0 Å². The summed E-state index contributed by atoms with van der Waals surface area (Å²) in [5.41, 5.74) is 2.53. The van der Waals surface area contributed by atoms with Crippen LogP contribution in [0.1, 0.15) is 5.56 Å². The molecule has 7 heteroatoms. The Morgan fingerprint density at radius 3 is 2.38 bits per heavy atom. The predicted octanol–water partition coefficient (Wildman–Crippen LogP) is 3.93. The Bertz CT molecular complexity index is 1390. The number of pyridine rings is 1. The van der Waals surface area contributed by atoms with Gasteiger partial charge in [-0.2, -0.15) is 10.5 Å². The van der Waals surface area contributed by atoms with Gasteiger partial charge in [-0.15, -0.1) is 0 Å². The number of carbonyl (C=O) groups excluding carboxylic acids is 1. The molecule has 0 aliphatic carbocycles. The van der Waals surface area contributed by atoms with Crippen molar-refractivity contribution in [2.24, 2.45) is 9.98 Å². The van der Waals surface area contributed by atoms with E-state index in [1.807, 2.05) is 66.7 Å². The number of rotatable bonds is 2. The molecule has 0 saturated carbocycles. The lowest BCUT2D eigenvalue weighted by Gasteiger charge is -2.22. The highest BCUT2D eigenvalue weighted by molar-refractivity contribution is 6.08. The van der Waals surface area contributed by atoms with Crippen LogP contribution >= 0.6 is 0 Å². The van der Waals surface area contributed by atoms with Gasteiger partial charge in [0.05, 0.1) is 16.7 Å². The number of fused-ring (bicyclic) bond motifs is 1. The molecule has 0 fully saturated rings. The van der Waals surface area contributed by atoms with Gasteiger partial charge in [0.1, 0.15) is 17.8 Å². The van der Waals surface area contributed by atoms with Crippen molar-refractivity contribution < 1.29 is 4.79 Å². The molecule has 0 radical (unpaired) electrons. The molecule has 0 unspecified atom stereocenters. The van der Waals surface area contributed by atoms with Crippen LogP contribution in [0.15, 0.2) is 106 Å². The first-order chi connectivity index (χ1) is 15.7. The minimum Gasteiger partial charge on any atom is -0.349 e. The number of amides is 1. The summed E-state index contributed by atoms with van der Waals surface area (Å²) < 4.78 is 1.66. The summed E-state index contributed by atoms with van der Waals surface area (Å²) in [6.45, 7) is 0. The van der Waals surface area contributed by atoms with Crippen LogP contribution in [0.4, 0.5) is 11.4 Å². The molecule has 0 atom stereocenters. The van der Waals surface area contributed by atoms with Gasteiger partial charge in [0.15, 0.2) is 11.4 Å². The van der Waals surface area contributed by atoms with Crippen LogP contribution in [0.5, 0.6) is 0 Å². The number of allylic oxidation sites excluding steroid dienone is 2. The third kappa shape index (κ3) is 4.43. The Morgan fingerprint density at radius 2 is 1.66 bits per heavy atom. The number of hydrogen-bond acceptors (Lipinski definition) is 5. The summed E-state index contributed by atoms with van der Waals surface area (Å²) in [4.78, 5) is 20.8. The maximum atomic E-state index is 12.2. The molecule has 4 rings (SSSR count). The van der Waals surface area contributed by atoms with E-state index in [1.54, 1.807) is 35.2 Å². The molecule has 0 saturated heterocycles. The molecule has 1 aromatic heterocycles. The summed E-state index contributed by atoms with van der Waals surface area (Å²) in [7, 11) is 0. The highest BCUT2D eigenvalue weighted by Gasteiger charge is 2.21. The number of nitrogens with one attached hydrogen (secondary N) is 1. The van der Waals surface area contributed by atoms with Crippen LogP contribution < -0.4 is 10.7 Å². The third-order valence-electron chi connectivity index (χ3n) is 4.60. The highest BCUT2D eigenvalue weighted by atomic mass is 16.1. The van der Waals surface area contributed by atoms with Gasteiger partial charge in [0, 0.05) is 18.5 Å². The van der Waals surface area contributed by atoms with E-state index in [0.717, 1.165) is 5.56 Å². The topological polar surface area (TPSA) is 106 Å². The number of anilines is 1. The molecule has 2 aromatic carbocycles. The van der Waals surface area contributed by atoms with E-state index in [1.165, 1.54) is 6.08 Å². The molecule has 0 bridgehead atoms. The normalized spacial score (nSPS) is 12.1. The zero-order valence-electron chi connectivity index (χ0n) is 16.8. The van der Waals surface area contributed by atoms with Crippen molar-refractivity contribution in [2.45, 2.75) is 0 Å². The molecule has 1 aliphatic heterocycles. The molecule has 152 valence electrons. The summed E-state index contributed by atoms with van der Waals surface area (Å²) in [6.07, 6.45) is 6.47. The first-order valence-corrected chi connectivity index (χ1v) is 9.68. The highest BCUT2D eigenvalue weighted by Crippen LogP contribution is 2.31. The predicted molar refractivity (Wildman–Crippen MR) is 121 cm³/mol. The summed E-state index contributed by atoms with van der Waals surface area (Å²) in [6, 6.07) is 24.0. The van der Waals surface area contributed by atoms with Crippen LogP contribution in [-0.2, 0) is 4.79 Å². The van der Waals surface area contributed by atoms with Crippen LogP contribution in [0, 0.1) is 22.7 Å². The van der Waals surface area contributed by atoms with Crippen LogP contribution in [0.25, 0.3) is 6.08 Å². The van der Waals surface area contributed by atoms with Crippen LogP contribution in [0.3, 0.4) is 0 Å². The zero-order valence-corrected chi connectivity index (χ0v) is 16.8. The number of nitrogens with zero attached hydrogens (tertiary/aromatic N) is 5. The monoisotopic (exact) mass is 416 g/mol. The van der Waals surface area contributed by atoms with Gasteiger partial charge < -0.3 is 9.88 Å². The molecular weight excluding hydrogens is 400 g/mol. The van der Waals surface area contributed by atoms with Crippen LogP contribution in [0.2, 0.25) is 0 Å². The summed E-state index contributed by atoms with van der Waals surface area (Å²) in [5, 5.41) is 22.3. The van der Waals surface area contributed by atoms with E-state index in [2.05, 4.69) is 15.3 Å². The van der Waals surface area contributed by atoms with E-state index in [4.69, 9.17) is 0 Å². The number of aliphatic imine (C=N–C) groups is 1. The van der Waals surface area contributed by atoms with Gasteiger partial charge in [0.2, 0.25) is 0 Å². The SMILES string of the molecule is N#CC(C#N)=C1Nc2ccccc2N=C1n1ccc(=NC(=O)/C=C/c2ccccc2)cc1. The fraction of sp³-hybridized carbons (Fsp3) is 0. The molecule has 3 aromatic rings. The summed E-state index contributed by atoms with van der Waals surface area (Å²) in [5.74, 6) is 0.0117. The lowest BCUT2D eigenvalue weighted by Crippen LogP contribution is -2.25. The molecule has 1 aliphatic rings. The number of para-hydroxylation sites is 2. The first-order valence-electron chi connectivity index (χ1n) is 9.68. The van der Waals surface area contributed by atoms with Crippen molar-refractivity contribution >= 4 is 29.2 Å². The van der Waals surface area contributed by atoms with Crippen molar-refractivity contribution in [2.75, 3.05) is 5.32 Å². The molecule has 2 heterocycles. The van der Waals surface area contributed by atoms with Gasteiger partial charge in [0.25, 0.3) is 5.91 Å². The van der Waals surface area contributed by atoms with Crippen LogP contribution in [-0.4, -0.2) is 16.3 Å². The number of nitriles is 2. The van der Waals surface area contributed by atoms with Crippen molar-refractivity contribution in [1.82, 2.24) is 4.57 Å². The number of hydrogen-bond donors (Lipinski definition) is 1. The van der Waals surface area contributed by atoms with Crippen molar-refractivity contribution in [3.05, 3.63) is 107 Å². The fourth-order valence-electron chi connectivity index (χ4n) is 3.07. The lowest BCUT2D eigenvalue weighted by molar-refractivity contribution is -0.113. The average Bonchev–Trinajstić information content (AvgIpc) is 2.84. The fourth-order valence-corrected chi connectivity index (χ4v) is 3.07. The molecular formula is C25H16N6O. The Hall–Kier alpha value is -5.01. The first kappa shape index (κ1) is 20.3. The molecule has 7 nitrogen and oxygen atoms in total. The smallest absolute Gasteiger partial charge is 0.270 e. The maximum absolute atomic E-state index is 12.2. The Morgan fingerprint density at radius 1 is 0.969 bits per heavy atom. The largest absolute Gasteiger partial charge is 0.349 e. The minimum absolute atomic E-state index is 0.0826. The van der Waals surface area contributed by atoms with Gasteiger partial charge in [-0.05, 0) is 35.9 Å². The second-order valence-electron chi connectivity index (χ2n) is 6.71. The standard InChI is InChI=1S/C25H16N6O/c26-16-19(17-27)24-25(30-22-9-5-4-8-21(22)29-24)31-14-12-20(13-15-31)28-23(32)11-10-18-6-2-1-3-7-18/h1-15,29H/b11-10+. The number of benzene rings is 2. The molecule has 1 N–H and O–H groups in total. The molecule has 32 heavy (non-hydrogen) atoms. The maximum Gasteiger partial charge on any atom is 0.270 e. The average molecular weight is 416 g/mol. The minimum atomic E-state index is -0.381. The Kier molecular flexibility index (Phi) is 5.83. The number of carbonyl (C=O) groups is 1. The molecule has 1 amide bonds. The van der Waals surface area contributed by atoms with E-state index in [0.29, 0.717) is 28.3 Å². The van der Waals surface area contributed by atoms with Gasteiger partial charge in [-0.1, -0.05) is 42.5 Å².